The topological polar surface area (TPSA) is 110 Å². The van der Waals surface area contributed by atoms with Crippen LogP contribution in [-0.4, -0.2) is 53.1 Å². The van der Waals surface area contributed by atoms with Gasteiger partial charge in [-0.1, -0.05) is 6.92 Å². The van der Waals surface area contributed by atoms with E-state index in [4.69, 9.17) is 5.73 Å². The maximum absolute atomic E-state index is 11.8. The van der Waals surface area contributed by atoms with Crippen LogP contribution in [0.4, 0.5) is 0 Å². The first-order chi connectivity index (χ1) is 9.45. The molecule has 4 amide bonds. The number of primary amides is 1. The van der Waals surface area contributed by atoms with Crippen molar-refractivity contribution < 1.29 is 19.2 Å². The maximum atomic E-state index is 11.8. The van der Waals surface area contributed by atoms with Gasteiger partial charge in [-0.2, -0.15) is 0 Å². The second kappa shape index (κ2) is 7.88. The average Bonchev–Trinajstić information content (AvgIpc) is 2.65. The largest absolute Gasteiger partial charge is 0.369 e. The first-order valence-electron chi connectivity index (χ1n) is 6.42. The van der Waals surface area contributed by atoms with Crippen LogP contribution in [0.25, 0.3) is 0 Å². The van der Waals surface area contributed by atoms with E-state index < -0.39 is 5.91 Å². The predicted molar refractivity (Wildman–Crippen MR) is 74.6 cm³/mol. The second-order valence-electron chi connectivity index (χ2n) is 4.50. The van der Waals surface area contributed by atoms with Gasteiger partial charge in [0.1, 0.15) is 0 Å². The molecule has 1 fully saturated rings. The summed E-state index contributed by atoms with van der Waals surface area (Å²) >= 11 is 1.12. The average molecular weight is 301 g/mol. The number of nitrogens with zero attached hydrogens (tertiary/aromatic N) is 1. The Morgan fingerprint density at radius 1 is 1.40 bits per heavy atom. The van der Waals surface area contributed by atoms with Crippen LogP contribution in [0, 0.1) is 5.92 Å². The fourth-order valence-corrected chi connectivity index (χ4v) is 2.50. The quantitative estimate of drug-likeness (QED) is 0.565. The highest BCUT2D eigenvalue weighted by Gasteiger charge is 2.36. The number of imide groups is 1. The van der Waals surface area contributed by atoms with Crippen molar-refractivity contribution >= 4 is 35.4 Å². The third kappa shape index (κ3) is 4.84. The minimum absolute atomic E-state index is 0.0920. The minimum Gasteiger partial charge on any atom is -0.369 e. The third-order valence-electron chi connectivity index (χ3n) is 2.97. The molecule has 1 heterocycles. The molecule has 0 spiro atoms. The van der Waals surface area contributed by atoms with Gasteiger partial charge >= 0.3 is 0 Å². The number of likely N-dealkylation sites (tertiary alicyclic amines) is 1. The molecule has 0 aromatic carbocycles. The van der Waals surface area contributed by atoms with Crippen LogP contribution in [-0.2, 0) is 19.2 Å². The van der Waals surface area contributed by atoms with Crippen molar-refractivity contribution in [2.75, 3.05) is 24.6 Å². The summed E-state index contributed by atoms with van der Waals surface area (Å²) < 4.78 is 0. The standard InChI is InChI=1S/C12H19N3O4S/c1-2-8-5-11(18)15(12(8)19)4-3-14-10(17)7-20-6-9(13)16/h8H,2-7H2,1H3,(H2,13,16)(H,14,17)/t8-/m1/s1. The summed E-state index contributed by atoms with van der Waals surface area (Å²) in [7, 11) is 0. The highest BCUT2D eigenvalue weighted by molar-refractivity contribution is 8.00. The van der Waals surface area contributed by atoms with E-state index in [1.54, 1.807) is 0 Å². The molecule has 0 radical (unpaired) electrons. The van der Waals surface area contributed by atoms with Crippen LogP contribution < -0.4 is 11.1 Å². The van der Waals surface area contributed by atoms with Gasteiger partial charge in [-0.05, 0) is 6.42 Å². The molecule has 0 aromatic rings. The minimum atomic E-state index is -0.471. The van der Waals surface area contributed by atoms with Crippen molar-refractivity contribution in [3.8, 4) is 0 Å². The molecule has 0 saturated carbocycles. The lowest BCUT2D eigenvalue weighted by molar-refractivity contribution is -0.139. The lowest BCUT2D eigenvalue weighted by Crippen LogP contribution is -2.39. The lowest BCUT2D eigenvalue weighted by atomic mass is 10.1. The molecule has 7 nitrogen and oxygen atoms in total. The van der Waals surface area contributed by atoms with Gasteiger partial charge < -0.3 is 11.1 Å². The van der Waals surface area contributed by atoms with Gasteiger partial charge in [-0.3, -0.25) is 24.1 Å². The van der Waals surface area contributed by atoms with Crippen LogP contribution in [0.2, 0.25) is 0 Å². The highest BCUT2D eigenvalue weighted by atomic mass is 32.2. The van der Waals surface area contributed by atoms with E-state index in [-0.39, 0.29) is 54.7 Å². The van der Waals surface area contributed by atoms with Crippen molar-refractivity contribution in [2.45, 2.75) is 19.8 Å². The fourth-order valence-electron chi connectivity index (χ4n) is 1.91. The number of nitrogens with one attached hydrogen (secondary N) is 1. The molecule has 0 aliphatic carbocycles. The van der Waals surface area contributed by atoms with Gasteiger partial charge in [0.2, 0.25) is 23.6 Å². The molecule has 0 aromatic heterocycles. The zero-order chi connectivity index (χ0) is 15.1. The van der Waals surface area contributed by atoms with Crippen molar-refractivity contribution in [2.24, 2.45) is 11.7 Å². The van der Waals surface area contributed by atoms with Crippen molar-refractivity contribution in [3.05, 3.63) is 0 Å². The smallest absolute Gasteiger partial charge is 0.232 e. The van der Waals surface area contributed by atoms with E-state index in [1.165, 1.54) is 4.90 Å². The summed E-state index contributed by atoms with van der Waals surface area (Å²) in [5, 5.41) is 2.60. The van der Waals surface area contributed by atoms with E-state index >= 15 is 0 Å². The van der Waals surface area contributed by atoms with E-state index in [1.807, 2.05) is 6.92 Å². The number of amides is 4. The molecular formula is C12H19N3O4S. The predicted octanol–water partition coefficient (Wildman–Crippen LogP) is -0.894. The number of carbonyl (C=O) groups is 4. The van der Waals surface area contributed by atoms with Gasteiger partial charge in [0, 0.05) is 25.4 Å². The molecule has 1 atom stereocenters. The molecule has 3 N–H and O–H groups in total. The molecule has 1 aliphatic heterocycles. The van der Waals surface area contributed by atoms with Gasteiger partial charge in [-0.15, -0.1) is 11.8 Å². The SMILES string of the molecule is CC[C@@H]1CC(=O)N(CCNC(=O)CSCC(N)=O)C1=O. The summed E-state index contributed by atoms with van der Waals surface area (Å²) in [6, 6.07) is 0. The van der Waals surface area contributed by atoms with Gasteiger partial charge in [-0.25, -0.2) is 0 Å². The Labute approximate surface area is 121 Å². The van der Waals surface area contributed by atoms with Gasteiger partial charge in [0.05, 0.1) is 11.5 Å². The Morgan fingerprint density at radius 3 is 2.65 bits per heavy atom. The maximum Gasteiger partial charge on any atom is 0.232 e. The molecule has 112 valence electrons. The normalized spacial score (nSPS) is 18.4. The Morgan fingerprint density at radius 2 is 2.10 bits per heavy atom. The molecule has 0 unspecified atom stereocenters. The van der Waals surface area contributed by atoms with E-state index in [0.717, 1.165) is 11.8 Å². The Bertz CT molecular complexity index is 414. The van der Waals surface area contributed by atoms with Gasteiger partial charge in [0.25, 0.3) is 0 Å². The van der Waals surface area contributed by atoms with Crippen LogP contribution in [0.5, 0.6) is 0 Å². The number of rotatable bonds is 8. The second-order valence-corrected chi connectivity index (χ2v) is 5.49. The highest BCUT2D eigenvalue weighted by Crippen LogP contribution is 2.21. The number of hydrogen-bond acceptors (Lipinski definition) is 5. The molecule has 1 saturated heterocycles. The summed E-state index contributed by atoms with van der Waals surface area (Å²) in [5.74, 6) is -1.06. The van der Waals surface area contributed by atoms with Crippen LogP contribution in [0.15, 0.2) is 0 Å². The zero-order valence-electron chi connectivity index (χ0n) is 11.4. The Kier molecular flexibility index (Phi) is 6.50. The summed E-state index contributed by atoms with van der Waals surface area (Å²) in [6.45, 7) is 2.29. The molecular weight excluding hydrogens is 282 g/mol. The summed E-state index contributed by atoms with van der Waals surface area (Å²) in [5.41, 5.74) is 4.95. The lowest BCUT2D eigenvalue weighted by Gasteiger charge is -2.15. The first kappa shape index (κ1) is 16.5. The third-order valence-corrected chi connectivity index (χ3v) is 3.92. The summed E-state index contributed by atoms with van der Waals surface area (Å²) in [6.07, 6.45) is 0.912. The number of thioether (sulfide) groups is 1. The van der Waals surface area contributed by atoms with Crippen molar-refractivity contribution in [1.29, 1.82) is 0 Å². The van der Waals surface area contributed by atoms with Crippen molar-refractivity contribution in [1.82, 2.24) is 10.2 Å². The van der Waals surface area contributed by atoms with E-state index in [9.17, 15) is 19.2 Å². The fraction of sp³-hybridized carbons (Fsp3) is 0.667. The van der Waals surface area contributed by atoms with E-state index in [2.05, 4.69) is 5.32 Å². The zero-order valence-corrected chi connectivity index (χ0v) is 12.2. The molecule has 20 heavy (non-hydrogen) atoms. The van der Waals surface area contributed by atoms with Crippen LogP contribution in [0.3, 0.4) is 0 Å². The molecule has 8 heteroatoms. The van der Waals surface area contributed by atoms with E-state index in [0.29, 0.717) is 6.42 Å². The number of hydrogen-bond donors (Lipinski definition) is 2. The van der Waals surface area contributed by atoms with Gasteiger partial charge in [0.15, 0.2) is 0 Å². The molecule has 1 rings (SSSR count). The molecule has 1 aliphatic rings. The summed E-state index contributed by atoms with van der Waals surface area (Å²) in [4.78, 5) is 46.5. The van der Waals surface area contributed by atoms with Crippen LogP contribution in [0.1, 0.15) is 19.8 Å². The Balaban J connectivity index is 2.23. The monoisotopic (exact) mass is 301 g/mol. The number of nitrogens with two attached hydrogens (primary N) is 1. The molecule has 0 bridgehead atoms. The van der Waals surface area contributed by atoms with Crippen molar-refractivity contribution in [3.63, 3.8) is 0 Å². The Hall–Kier alpha value is -1.57. The van der Waals surface area contributed by atoms with Crippen LogP contribution >= 0.6 is 11.8 Å². The number of carbonyl (C=O) groups excluding carboxylic acids is 4. The first-order valence-corrected chi connectivity index (χ1v) is 7.58.